The normalized spacial score (nSPS) is 17.5. The molecule has 0 aliphatic carbocycles. The molecule has 0 unspecified atom stereocenters. The van der Waals surface area contributed by atoms with Crippen LogP contribution in [-0.4, -0.2) is 61.8 Å². The van der Waals surface area contributed by atoms with Crippen molar-refractivity contribution in [2.45, 2.75) is 25.9 Å². The summed E-state index contributed by atoms with van der Waals surface area (Å²) >= 11 is 0. The van der Waals surface area contributed by atoms with Gasteiger partial charge < -0.3 is 9.88 Å². The van der Waals surface area contributed by atoms with Crippen molar-refractivity contribution >= 4 is 5.91 Å². The number of aromatic amines is 1. The van der Waals surface area contributed by atoms with Crippen molar-refractivity contribution in [1.29, 1.82) is 0 Å². The molecule has 3 rings (SSSR count). The molecule has 0 spiro atoms. The first-order valence-corrected chi connectivity index (χ1v) is 7.86. The first-order valence-electron chi connectivity index (χ1n) is 7.86. The Balaban J connectivity index is 1.64. The van der Waals surface area contributed by atoms with E-state index in [0.717, 1.165) is 12.2 Å². The summed E-state index contributed by atoms with van der Waals surface area (Å²) in [6.07, 6.45) is 4.32. The maximum atomic E-state index is 12.5. The predicted octanol–water partition coefficient (Wildman–Crippen LogP) is 0.215. The van der Waals surface area contributed by atoms with E-state index in [-0.39, 0.29) is 17.6 Å². The average Bonchev–Trinajstić information content (AvgIpc) is 3.04. The van der Waals surface area contributed by atoms with E-state index in [1.807, 2.05) is 7.05 Å². The van der Waals surface area contributed by atoms with Crippen molar-refractivity contribution in [3.63, 3.8) is 0 Å². The van der Waals surface area contributed by atoms with Gasteiger partial charge in [0.1, 0.15) is 11.5 Å². The van der Waals surface area contributed by atoms with Crippen LogP contribution in [0, 0.1) is 6.92 Å². The summed E-state index contributed by atoms with van der Waals surface area (Å²) < 4.78 is 0. The second-order valence-electron chi connectivity index (χ2n) is 6.03. The van der Waals surface area contributed by atoms with E-state index in [4.69, 9.17) is 0 Å². The summed E-state index contributed by atoms with van der Waals surface area (Å²) in [7, 11) is 2.00. The molecule has 1 amide bonds. The standard InChI is InChI=1S/C16H20N6O2/c1-11-8-13(20-16(24)19-11)15(23)22-7-4-12(9-22)21(2)10-14-17-5-3-6-18-14/h3,5-6,8,12H,4,7,9-10H2,1-2H3,(H,19,20,24)/t12-/m1/s1. The molecule has 0 bridgehead atoms. The predicted molar refractivity (Wildman–Crippen MR) is 87.4 cm³/mol. The number of H-pyrrole nitrogens is 1. The molecule has 2 aromatic rings. The lowest BCUT2D eigenvalue weighted by atomic mass is 10.2. The van der Waals surface area contributed by atoms with Gasteiger partial charge in [-0.2, -0.15) is 4.98 Å². The lowest BCUT2D eigenvalue weighted by Crippen LogP contribution is -2.37. The van der Waals surface area contributed by atoms with E-state index in [0.29, 0.717) is 25.3 Å². The SMILES string of the molecule is Cc1cc(C(=O)N2CC[C@@H](N(C)Cc3ncccn3)C2)nc(=O)[nH]1. The average molecular weight is 328 g/mol. The van der Waals surface area contributed by atoms with Crippen LogP contribution in [0.2, 0.25) is 0 Å². The Bertz CT molecular complexity index is 776. The quantitative estimate of drug-likeness (QED) is 0.862. The molecule has 24 heavy (non-hydrogen) atoms. The Kier molecular flexibility index (Phi) is 4.66. The van der Waals surface area contributed by atoms with Crippen molar-refractivity contribution in [3.05, 3.63) is 52.2 Å². The third-order valence-corrected chi connectivity index (χ3v) is 4.18. The number of nitrogens with one attached hydrogen (secondary N) is 1. The van der Waals surface area contributed by atoms with Gasteiger partial charge in [-0.15, -0.1) is 0 Å². The number of hydrogen-bond acceptors (Lipinski definition) is 6. The summed E-state index contributed by atoms with van der Waals surface area (Å²) in [6, 6.07) is 3.63. The molecule has 0 saturated carbocycles. The topological polar surface area (TPSA) is 95.1 Å². The van der Waals surface area contributed by atoms with E-state index in [1.54, 1.807) is 36.4 Å². The third kappa shape index (κ3) is 3.65. The van der Waals surface area contributed by atoms with Crippen molar-refractivity contribution < 1.29 is 4.79 Å². The van der Waals surface area contributed by atoms with Crippen molar-refractivity contribution in [1.82, 2.24) is 29.7 Å². The largest absolute Gasteiger partial charge is 0.345 e. The number of carbonyl (C=O) groups is 1. The van der Waals surface area contributed by atoms with Gasteiger partial charge in [0.15, 0.2) is 0 Å². The zero-order valence-corrected chi connectivity index (χ0v) is 13.8. The molecule has 8 nitrogen and oxygen atoms in total. The first kappa shape index (κ1) is 16.3. The molecule has 1 aliphatic rings. The van der Waals surface area contributed by atoms with Crippen LogP contribution in [0.5, 0.6) is 0 Å². The molecule has 0 aromatic carbocycles. The van der Waals surface area contributed by atoms with Crippen LogP contribution in [0.25, 0.3) is 0 Å². The van der Waals surface area contributed by atoms with Gasteiger partial charge in [0.2, 0.25) is 0 Å². The Morgan fingerprint density at radius 3 is 2.88 bits per heavy atom. The summed E-state index contributed by atoms with van der Waals surface area (Å²) in [5.41, 5.74) is 0.339. The van der Waals surface area contributed by atoms with E-state index in [2.05, 4.69) is 24.8 Å². The van der Waals surface area contributed by atoms with Crippen LogP contribution in [0.3, 0.4) is 0 Å². The number of aryl methyl sites for hydroxylation is 1. The molecular weight excluding hydrogens is 308 g/mol. The van der Waals surface area contributed by atoms with Crippen LogP contribution < -0.4 is 5.69 Å². The molecule has 8 heteroatoms. The molecule has 1 atom stereocenters. The molecule has 1 saturated heterocycles. The van der Waals surface area contributed by atoms with Gasteiger partial charge in [0, 0.05) is 37.2 Å². The molecule has 1 aliphatic heterocycles. The highest BCUT2D eigenvalue weighted by Gasteiger charge is 2.30. The number of aromatic nitrogens is 4. The Morgan fingerprint density at radius 1 is 1.42 bits per heavy atom. The number of likely N-dealkylation sites (tertiary alicyclic amines) is 1. The second-order valence-corrected chi connectivity index (χ2v) is 6.03. The molecule has 1 fully saturated rings. The Hall–Kier alpha value is -2.61. The monoisotopic (exact) mass is 328 g/mol. The van der Waals surface area contributed by atoms with E-state index < -0.39 is 5.69 Å². The fourth-order valence-corrected chi connectivity index (χ4v) is 2.90. The molecule has 3 heterocycles. The zero-order valence-electron chi connectivity index (χ0n) is 13.8. The van der Waals surface area contributed by atoms with Gasteiger partial charge in [0.25, 0.3) is 5.91 Å². The minimum Gasteiger partial charge on any atom is -0.336 e. The summed E-state index contributed by atoms with van der Waals surface area (Å²) in [4.78, 5) is 42.7. The Morgan fingerprint density at radius 2 is 2.17 bits per heavy atom. The van der Waals surface area contributed by atoms with Gasteiger partial charge in [0.05, 0.1) is 6.54 Å². The number of likely N-dealkylation sites (N-methyl/N-ethyl adjacent to an activating group) is 1. The highest BCUT2D eigenvalue weighted by Crippen LogP contribution is 2.17. The highest BCUT2D eigenvalue weighted by atomic mass is 16.2. The van der Waals surface area contributed by atoms with Crippen LogP contribution in [0.4, 0.5) is 0 Å². The zero-order chi connectivity index (χ0) is 17.1. The Labute approximate surface area is 139 Å². The molecule has 1 N–H and O–H groups in total. The van der Waals surface area contributed by atoms with E-state index >= 15 is 0 Å². The number of nitrogens with zero attached hydrogens (tertiary/aromatic N) is 5. The summed E-state index contributed by atoms with van der Waals surface area (Å²) in [6.45, 7) is 3.63. The van der Waals surface area contributed by atoms with Crippen molar-refractivity contribution in [2.24, 2.45) is 0 Å². The third-order valence-electron chi connectivity index (χ3n) is 4.18. The lowest BCUT2D eigenvalue weighted by Gasteiger charge is -2.23. The van der Waals surface area contributed by atoms with Crippen molar-refractivity contribution in [3.8, 4) is 0 Å². The summed E-state index contributed by atoms with van der Waals surface area (Å²) in [5.74, 6) is 0.563. The maximum Gasteiger partial charge on any atom is 0.345 e. The number of carbonyl (C=O) groups excluding carboxylic acids is 1. The second kappa shape index (κ2) is 6.88. The van der Waals surface area contributed by atoms with Crippen LogP contribution in [0.1, 0.15) is 28.4 Å². The summed E-state index contributed by atoms with van der Waals surface area (Å²) in [5, 5.41) is 0. The smallest absolute Gasteiger partial charge is 0.336 e. The van der Waals surface area contributed by atoms with Gasteiger partial charge in [-0.1, -0.05) is 0 Å². The minimum absolute atomic E-state index is 0.198. The highest BCUT2D eigenvalue weighted by molar-refractivity contribution is 5.92. The van der Waals surface area contributed by atoms with Crippen molar-refractivity contribution in [2.75, 3.05) is 20.1 Å². The van der Waals surface area contributed by atoms with E-state index in [9.17, 15) is 9.59 Å². The van der Waals surface area contributed by atoms with Gasteiger partial charge in [-0.05, 0) is 32.5 Å². The lowest BCUT2D eigenvalue weighted by molar-refractivity contribution is 0.0773. The van der Waals surface area contributed by atoms with Gasteiger partial charge in [-0.25, -0.2) is 14.8 Å². The fraction of sp³-hybridized carbons (Fsp3) is 0.438. The fourth-order valence-electron chi connectivity index (χ4n) is 2.90. The van der Waals surface area contributed by atoms with Gasteiger partial charge >= 0.3 is 5.69 Å². The molecule has 0 radical (unpaired) electrons. The molecule has 126 valence electrons. The maximum absolute atomic E-state index is 12.5. The van der Waals surface area contributed by atoms with Crippen LogP contribution in [-0.2, 0) is 6.54 Å². The van der Waals surface area contributed by atoms with E-state index in [1.165, 1.54) is 0 Å². The van der Waals surface area contributed by atoms with Crippen LogP contribution in [0.15, 0.2) is 29.3 Å². The number of rotatable bonds is 4. The molecular formula is C16H20N6O2. The first-order chi connectivity index (χ1) is 11.5. The molecule has 2 aromatic heterocycles. The number of amides is 1. The van der Waals surface area contributed by atoms with Gasteiger partial charge in [-0.3, -0.25) is 9.69 Å². The minimum atomic E-state index is -0.493. The number of hydrogen-bond donors (Lipinski definition) is 1. The van der Waals surface area contributed by atoms with Crippen LogP contribution >= 0.6 is 0 Å².